The molecule has 1 amide bonds. The van der Waals surface area contributed by atoms with E-state index < -0.39 is 6.09 Å². The van der Waals surface area contributed by atoms with Crippen LogP contribution in [0.2, 0.25) is 0 Å². The summed E-state index contributed by atoms with van der Waals surface area (Å²) in [5.74, 6) is 1.45. The van der Waals surface area contributed by atoms with Crippen LogP contribution in [-0.2, 0) is 4.74 Å². The van der Waals surface area contributed by atoms with Crippen LogP contribution in [0.1, 0.15) is 19.4 Å². The number of benzene rings is 3. The van der Waals surface area contributed by atoms with E-state index in [2.05, 4.69) is 12.0 Å². The maximum absolute atomic E-state index is 12.2. The molecule has 0 unspecified atom stereocenters. The lowest BCUT2D eigenvalue weighted by atomic mass is 10.1. The molecule has 0 spiro atoms. The van der Waals surface area contributed by atoms with Crippen LogP contribution in [0.3, 0.4) is 0 Å². The average molecular weight is 390 g/mol. The van der Waals surface area contributed by atoms with Crippen molar-refractivity contribution in [2.24, 2.45) is 0 Å². The molecule has 5 heteroatoms. The summed E-state index contributed by atoms with van der Waals surface area (Å²) in [7, 11) is 1.33. The maximum Gasteiger partial charge on any atom is 0.433 e. The molecule has 0 saturated carbocycles. The Morgan fingerprint density at radius 3 is 1.90 bits per heavy atom. The van der Waals surface area contributed by atoms with Gasteiger partial charge in [-0.05, 0) is 48.5 Å². The third-order valence-corrected chi connectivity index (χ3v) is 3.81. The lowest BCUT2D eigenvalue weighted by Crippen LogP contribution is -2.34. The zero-order valence-electron chi connectivity index (χ0n) is 17.0. The fraction of sp³-hybridized carbons (Fsp3) is 0.125. The van der Waals surface area contributed by atoms with Crippen molar-refractivity contribution in [1.82, 2.24) is 5.01 Å². The summed E-state index contributed by atoms with van der Waals surface area (Å²) in [5, 5.41) is 1.27. The van der Waals surface area contributed by atoms with E-state index in [1.54, 1.807) is 0 Å². The highest BCUT2D eigenvalue weighted by molar-refractivity contribution is 5.83. The Morgan fingerprint density at radius 1 is 0.828 bits per heavy atom. The highest BCUT2D eigenvalue weighted by Gasteiger charge is 2.19. The van der Waals surface area contributed by atoms with Gasteiger partial charge in [0.05, 0.1) is 18.5 Å². The van der Waals surface area contributed by atoms with Crippen molar-refractivity contribution in [1.29, 1.82) is 0 Å². The summed E-state index contributed by atoms with van der Waals surface area (Å²) in [5.41, 5.74) is 4.96. The van der Waals surface area contributed by atoms with Crippen LogP contribution in [0.25, 0.3) is 5.70 Å². The summed E-state index contributed by atoms with van der Waals surface area (Å²) >= 11 is 0. The monoisotopic (exact) mass is 390 g/mol. The van der Waals surface area contributed by atoms with Gasteiger partial charge in [-0.25, -0.2) is 4.79 Å². The maximum atomic E-state index is 12.2. The van der Waals surface area contributed by atoms with E-state index in [9.17, 15) is 4.79 Å². The zero-order valence-corrected chi connectivity index (χ0v) is 17.0. The minimum absolute atomic E-state index is 0.456. The average Bonchev–Trinajstić information content (AvgIpc) is 2.80. The molecule has 5 nitrogen and oxygen atoms in total. The largest absolute Gasteiger partial charge is 0.457 e. The van der Waals surface area contributed by atoms with Crippen LogP contribution in [0.5, 0.6) is 11.5 Å². The normalized spacial score (nSPS) is 9.48. The molecule has 0 radical (unpaired) electrons. The molecular formula is C24H26N2O3. The van der Waals surface area contributed by atoms with E-state index in [1.165, 1.54) is 12.1 Å². The first-order valence-corrected chi connectivity index (χ1v) is 9.39. The van der Waals surface area contributed by atoms with Crippen LogP contribution < -0.4 is 10.2 Å². The fourth-order valence-electron chi connectivity index (χ4n) is 2.43. The standard InChI is InChI=1S/C22H20N2O3.C2H6/c1-17(24(22(25)26-2)23-19-9-5-3-6-10-19)18-13-15-21(16-14-18)27-20-11-7-4-8-12-20;1-2/h3-16,23H,1H2,2H3;1-2H3. The minimum Gasteiger partial charge on any atom is -0.457 e. The molecule has 0 aliphatic rings. The van der Waals surface area contributed by atoms with Gasteiger partial charge in [0, 0.05) is 5.56 Å². The van der Waals surface area contributed by atoms with Gasteiger partial charge in [0.1, 0.15) is 11.5 Å². The van der Waals surface area contributed by atoms with Crippen LogP contribution >= 0.6 is 0 Å². The number of para-hydroxylation sites is 2. The summed E-state index contributed by atoms with van der Waals surface area (Å²) < 4.78 is 10.7. The van der Waals surface area contributed by atoms with Gasteiger partial charge in [0.2, 0.25) is 0 Å². The fourth-order valence-corrected chi connectivity index (χ4v) is 2.43. The highest BCUT2D eigenvalue weighted by atomic mass is 16.5. The van der Waals surface area contributed by atoms with Gasteiger partial charge in [0.15, 0.2) is 0 Å². The topological polar surface area (TPSA) is 50.8 Å². The first-order valence-electron chi connectivity index (χ1n) is 9.39. The van der Waals surface area contributed by atoms with Crippen LogP contribution in [0.15, 0.2) is 91.5 Å². The smallest absolute Gasteiger partial charge is 0.433 e. The molecule has 0 aliphatic heterocycles. The summed E-state index contributed by atoms with van der Waals surface area (Å²) in [6.45, 7) is 8.03. The molecule has 3 aromatic rings. The molecule has 0 bridgehead atoms. The Balaban J connectivity index is 0.00000145. The molecular weight excluding hydrogens is 364 g/mol. The van der Waals surface area contributed by atoms with Crippen molar-refractivity contribution in [2.75, 3.05) is 12.5 Å². The van der Waals surface area contributed by atoms with E-state index in [0.717, 1.165) is 17.0 Å². The quantitative estimate of drug-likeness (QED) is 0.484. The van der Waals surface area contributed by atoms with E-state index in [4.69, 9.17) is 9.47 Å². The first-order chi connectivity index (χ1) is 14.2. The lowest BCUT2D eigenvalue weighted by molar-refractivity contribution is 0.149. The van der Waals surface area contributed by atoms with Crippen molar-refractivity contribution in [2.45, 2.75) is 13.8 Å². The Kier molecular flexibility index (Phi) is 8.32. The van der Waals surface area contributed by atoms with Crippen molar-refractivity contribution >= 4 is 17.5 Å². The third-order valence-electron chi connectivity index (χ3n) is 3.81. The second-order valence-electron chi connectivity index (χ2n) is 5.67. The van der Waals surface area contributed by atoms with E-state index in [0.29, 0.717) is 11.4 Å². The van der Waals surface area contributed by atoms with E-state index in [-0.39, 0.29) is 0 Å². The molecule has 0 atom stereocenters. The van der Waals surface area contributed by atoms with Gasteiger partial charge >= 0.3 is 6.09 Å². The van der Waals surface area contributed by atoms with Crippen LogP contribution in [-0.4, -0.2) is 18.2 Å². The Bertz CT molecular complexity index is 894. The number of hydrogen-bond donors (Lipinski definition) is 1. The molecule has 29 heavy (non-hydrogen) atoms. The van der Waals surface area contributed by atoms with Crippen LogP contribution in [0.4, 0.5) is 10.5 Å². The number of amides is 1. The predicted molar refractivity (Wildman–Crippen MR) is 118 cm³/mol. The third kappa shape index (κ3) is 6.14. The molecule has 0 aromatic heterocycles. The van der Waals surface area contributed by atoms with Gasteiger partial charge in [-0.2, -0.15) is 5.01 Å². The van der Waals surface area contributed by atoms with Gasteiger partial charge < -0.3 is 9.47 Å². The van der Waals surface area contributed by atoms with Gasteiger partial charge in [-0.15, -0.1) is 0 Å². The number of hydrazine groups is 1. The molecule has 3 aromatic carbocycles. The molecule has 150 valence electrons. The molecule has 0 saturated heterocycles. The van der Waals surface area contributed by atoms with Crippen molar-refractivity contribution in [3.63, 3.8) is 0 Å². The number of nitrogens with one attached hydrogen (secondary N) is 1. The Morgan fingerprint density at radius 2 is 1.34 bits per heavy atom. The predicted octanol–water partition coefficient (Wildman–Crippen LogP) is 6.57. The number of nitrogens with zero attached hydrogens (tertiary/aromatic N) is 1. The Hall–Kier alpha value is -3.73. The number of anilines is 1. The van der Waals surface area contributed by atoms with Crippen molar-refractivity contribution in [3.05, 3.63) is 97.1 Å². The van der Waals surface area contributed by atoms with E-state index >= 15 is 0 Å². The number of hydrogen-bond acceptors (Lipinski definition) is 4. The SMILES string of the molecule is C=C(c1ccc(Oc2ccccc2)cc1)N(Nc1ccccc1)C(=O)OC.CC. The number of methoxy groups -OCH3 is 1. The number of ether oxygens (including phenoxy) is 2. The van der Waals surface area contributed by atoms with Crippen LogP contribution in [0, 0.1) is 0 Å². The van der Waals surface area contributed by atoms with Crippen molar-refractivity contribution < 1.29 is 14.3 Å². The Labute approximate surface area is 172 Å². The number of carbonyl (C=O) groups excluding carboxylic acids is 1. The number of rotatable bonds is 6. The van der Waals surface area contributed by atoms with Gasteiger partial charge in [-0.3, -0.25) is 5.43 Å². The highest BCUT2D eigenvalue weighted by Crippen LogP contribution is 2.25. The molecule has 1 N–H and O–H groups in total. The summed E-state index contributed by atoms with van der Waals surface area (Å²) in [6, 6.07) is 26.2. The lowest BCUT2D eigenvalue weighted by Gasteiger charge is -2.25. The van der Waals surface area contributed by atoms with Gasteiger partial charge in [0.25, 0.3) is 0 Å². The molecule has 0 fully saturated rings. The molecule has 0 heterocycles. The summed E-state index contributed by atoms with van der Waals surface area (Å²) in [4.78, 5) is 12.2. The second-order valence-corrected chi connectivity index (χ2v) is 5.67. The first kappa shape index (κ1) is 21.6. The molecule has 3 rings (SSSR count). The zero-order chi connectivity index (χ0) is 21.1. The summed E-state index contributed by atoms with van der Waals surface area (Å²) in [6.07, 6.45) is -0.562. The van der Waals surface area contributed by atoms with E-state index in [1.807, 2.05) is 98.8 Å². The van der Waals surface area contributed by atoms with Crippen molar-refractivity contribution in [3.8, 4) is 11.5 Å². The molecule has 0 aliphatic carbocycles. The second kappa shape index (κ2) is 11.2. The van der Waals surface area contributed by atoms with Gasteiger partial charge in [-0.1, -0.05) is 56.8 Å². The number of carbonyl (C=O) groups is 1. The minimum atomic E-state index is -0.562.